The highest BCUT2D eigenvalue weighted by atomic mass is 19.1. The van der Waals surface area contributed by atoms with E-state index in [9.17, 15) is 13.6 Å². The number of benzene rings is 1. The maximum atomic E-state index is 14.4. The Balaban J connectivity index is 1.93. The number of halogens is 2. The normalized spacial score (nSPS) is 28.2. The Kier molecular flexibility index (Phi) is 5.38. The van der Waals surface area contributed by atoms with Crippen molar-refractivity contribution in [3.05, 3.63) is 53.8 Å². The molecule has 0 bridgehead atoms. The van der Waals surface area contributed by atoms with Gasteiger partial charge in [0.2, 0.25) is 0 Å². The number of hydrogen-bond acceptors (Lipinski definition) is 4. The van der Waals surface area contributed by atoms with Gasteiger partial charge in [-0.05, 0) is 43.7 Å². The predicted octanol–water partition coefficient (Wildman–Crippen LogP) is 4.33. The van der Waals surface area contributed by atoms with Crippen molar-refractivity contribution in [2.24, 2.45) is 11.8 Å². The molecule has 1 aromatic rings. The van der Waals surface area contributed by atoms with Gasteiger partial charge >= 0.3 is 0 Å². The molecule has 1 heterocycles. The lowest BCUT2D eigenvalue weighted by molar-refractivity contribution is -0.127. The van der Waals surface area contributed by atoms with Crippen LogP contribution in [0.15, 0.2) is 36.6 Å². The lowest BCUT2D eigenvalue weighted by Crippen LogP contribution is -2.45. The number of carbonyl (C=O) groups is 1. The van der Waals surface area contributed by atoms with Crippen LogP contribution in [0.25, 0.3) is 0 Å². The first-order valence-corrected chi connectivity index (χ1v) is 9.04. The van der Waals surface area contributed by atoms with E-state index in [1.807, 2.05) is 6.92 Å². The zero-order valence-corrected chi connectivity index (χ0v) is 15.8. The van der Waals surface area contributed by atoms with Gasteiger partial charge in [-0.25, -0.2) is 8.78 Å². The largest absolute Gasteiger partial charge is 0.494 e. The zero-order valence-electron chi connectivity index (χ0n) is 15.8. The van der Waals surface area contributed by atoms with E-state index in [1.54, 1.807) is 13.0 Å². The number of ether oxygens (including phenoxy) is 3. The summed E-state index contributed by atoms with van der Waals surface area (Å²) in [5, 5.41) is 0. The fraction of sp³-hybridized carbons (Fsp3) is 0.476. The van der Waals surface area contributed by atoms with Crippen LogP contribution in [0, 0.1) is 23.5 Å². The molecule has 0 aromatic heterocycles. The van der Waals surface area contributed by atoms with Crippen molar-refractivity contribution in [2.45, 2.75) is 45.0 Å². The zero-order chi connectivity index (χ0) is 19.8. The fourth-order valence-corrected chi connectivity index (χ4v) is 4.01. The molecular weight excluding hydrogens is 354 g/mol. The third-order valence-corrected chi connectivity index (χ3v) is 5.41. The van der Waals surface area contributed by atoms with Gasteiger partial charge in [-0.3, -0.25) is 4.79 Å². The van der Waals surface area contributed by atoms with Gasteiger partial charge in [0.05, 0.1) is 7.11 Å². The van der Waals surface area contributed by atoms with E-state index in [1.165, 1.54) is 13.2 Å². The number of ketones is 1. The molecule has 0 spiro atoms. The van der Waals surface area contributed by atoms with Gasteiger partial charge in [-0.2, -0.15) is 0 Å². The molecule has 0 radical (unpaired) electrons. The molecule has 1 aromatic carbocycles. The van der Waals surface area contributed by atoms with Crippen molar-refractivity contribution in [1.82, 2.24) is 0 Å². The van der Waals surface area contributed by atoms with Gasteiger partial charge in [0.25, 0.3) is 0 Å². The Morgan fingerprint density at radius 1 is 1.41 bits per heavy atom. The minimum absolute atomic E-state index is 0.0212. The molecule has 6 heteroatoms. The molecule has 2 aliphatic rings. The molecule has 0 N–H and O–H groups in total. The molecule has 27 heavy (non-hydrogen) atoms. The average molecular weight is 378 g/mol. The Morgan fingerprint density at radius 3 is 2.81 bits per heavy atom. The minimum Gasteiger partial charge on any atom is -0.494 e. The van der Waals surface area contributed by atoms with Crippen LogP contribution in [0.2, 0.25) is 0 Å². The Labute approximate surface area is 157 Å². The quantitative estimate of drug-likeness (QED) is 0.691. The summed E-state index contributed by atoms with van der Waals surface area (Å²) in [6, 6.07) is 2.20. The molecule has 0 saturated carbocycles. The van der Waals surface area contributed by atoms with Crippen LogP contribution in [0.4, 0.5) is 8.78 Å². The molecule has 0 amide bonds. The molecule has 146 valence electrons. The van der Waals surface area contributed by atoms with E-state index < -0.39 is 23.5 Å². The molecule has 1 aliphatic heterocycles. The van der Waals surface area contributed by atoms with Gasteiger partial charge in [-0.15, -0.1) is 6.58 Å². The summed E-state index contributed by atoms with van der Waals surface area (Å²) in [5.41, 5.74) is -0.612. The Morgan fingerprint density at radius 2 is 2.15 bits per heavy atom. The molecule has 4 atom stereocenters. The van der Waals surface area contributed by atoms with Crippen LogP contribution in [-0.2, 0) is 20.7 Å². The smallest absolute Gasteiger partial charge is 0.197 e. The fourth-order valence-electron chi connectivity index (χ4n) is 4.01. The number of rotatable bonds is 6. The molecule has 1 saturated heterocycles. The van der Waals surface area contributed by atoms with Crippen molar-refractivity contribution < 1.29 is 27.8 Å². The van der Waals surface area contributed by atoms with Gasteiger partial charge < -0.3 is 14.2 Å². The van der Waals surface area contributed by atoms with Gasteiger partial charge in [0.15, 0.2) is 23.6 Å². The van der Waals surface area contributed by atoms with Crippen LogP contribution in [0.1, 0.15) is 32.3 Å². The van der Waals surface area contributed by atoms with Crippen molar-refractivity contribution in [3.8, 4) is 5.75 Å². The summed E-state index contributed by atoms with van der Waals surface area (Å²) in [6.45, 7) is 7.37. The predicted molar refractivity (Wildman–Crippen MR) is 96.2 cm³/mol. The molecule has 1 fully saturated rings. The molecular formula is C21H24F2O4. The van der Waals surface area contributed by atoms with Crippen molar-refractivity contribution in [1.29, 1.82) is 0 Å². The third-order valence-electron chi connectivity index (χ3n) is 5.41. The maximum Gasteiger partial charge on any atom is 0.197 e. The lowest BCUT2D eigenvalue weighted by atomic mass is 9.71. The second-order valence-electron chi connectivity index (χ2n) is 7.21. The summed E-state index contributed by atoms with van der Waals surface area (Å²) in [6.07, 6.45) is 3.87. The lowest BCUT2D eigenvalue weighted by Gasteiger charge is -2.38. The van der Waals surface area contributed by atoms with E-state index in [0.717, 1.165) is 12.1 Å². The van der Waals surface area contributed by atoms with E-state index >= 15 is 0 Å². The molecule has 1 unspecified atom stereocenters. The summed E-state index contributed by atoms with van der Waals surface area (Å²) < 4.78 is 45.1. The number of hydrogen-bond donors (Lipinski definition) is 0. The van der Waals surface area contributed by atoms with Gasteiger partial charge in [0, 0.05) is 18.1 Å². The highest BCUT2D eigenvalue weighted by molar-refractivity contribution is 5.93. The monoisotopic (exact) mass is 378 g/mol. The average Bonchev–Trinajstić information content (AvgIpc) is 2.94. The Hall–Kier alpha value is -2.21. The summed E-state index contributed by atoms with van der Waals surface area (Å²) in [4.78, 5) is 12.3. The van der Waals surface area contributed by atoms with E-state index in [4.69, 9.17) is 14.2 Å². The summed E-state index contributed by atoms with van der Waals surface area (Å²) >= 11 is 0. The maximum absolute atomic E-state index is 14.4. The number of methoxy groups -OCH3 is 1. The van der Waals surface area contributed by atoms with E-state index in [-0.39, 0.29) is 35.4 Å². The SMILES string of the molecule is C=CC[C@H]1C[C@]2([C@@H](C)Cc3cc(F)c(OC)cc3F)OC(C)OC2=CC1=O. The van der Waals surface area contributed by atoms with Crippen molar-refractivity contribution in [2.75, 3.05) is 7.11 Å². The van der Waals surface area contributed by atoms with Crippen molar-refractivity contribution in [3.63, 3.8) is 0 Å². The number of allylic oxidation sites excluding steroid dienone is 2. The van der Waals surface area contributed by atoms with E-state index in [0.29, 0.717) is 18.6 Å². The van der Waals surface area contributed by atoms with E-state index in [2.05, 4.69) is 6.58 Å². The number of carbonyl (C=O) groups excluding carboxylic acids is 1. The van der Waals surface area contributed by atoms with Crippen LogP contribution in [0.3, 0.4) is 0 Å². The summed E-state index contributed by atoms with van der Waals surface area (Å²) in [7, 11) is 1.29. The van der Waals surface area contributed by atoms with Crippen LogP contribution < -0.4 is 4.74 Å². The van der Waals surface area contributed by atoms with Crippen molar-refractivity contribution >= 4 is 5.78 Å². The summed E-state index contributed by atoms with van der Waals surface area (Å²) in [5.74, 6) is -1.34. The van der Waals surface area contributed by atoms with Crippen LogP contribution in [0.5, 0.6) is 5.75 Å². The first kappa shape index (κ1) is 19.5. The first-order valence-electron chi connectivity index (χ1n) is 9.04. The second kappa shape index (κ2) is 7.43. The molecule has 4 nitrogen and oxygen atoms in total. The minimum atomic E-state index is -0.843. The first-order chi connectivity index (χ1) is 12.8. The second-order valence-corrected chi connectivity index (χ2v) is 7.21. The highest BCUT2D eigenvalue weighted by Gasteiger charge is 2.53. The van der Waals surface area contributed by atoms with Crippen LogP contribution >= 0.6 is 0 Å². The molecule has 3 rings (SSSR count). The van der Waals surface area contributed by atoms with Crippen LogP contribution in [-0.4, -0.2) is 24.8 Å². The van der Waals surface area contributed by atoms with Gasteiger partial charge in [-0.1, -0.05) is 13.0 Å². The third kappa shape index (κ3) is 3.50. The topological polar surface area (TPSA) is 44.8 Å². The Bertz CT molecular complexity index is 789. The standard InChI is InChI=1S/C21H24F2O4/c1-5-6-14-11-21(20(10-18(14)24)26-13(3)27-21)12(2)7-15-8-17(23)19(25-4)9-16(15)22/h5,8-10,12-14H,1,6-7,11H2,2-4H3/t12-,13?,14-,21+/m0/s1. The van der Waals surface area contributed by atoms with Gasteiger partial charge in [0.1, 0.15) is 17.2 Å². The number of fused-ring (bicyclic) bond motifs is 1. The highest BCUT2D eigenvalue weighted by Crippen LogP contribution is 2.48. The molecule has 1 aliphatic carbocycles.